The Kier molecular flexibility index (Phi) is 8.85. The molecule has 0 radical (unpaired) electrons. The van der Waals surface area contributed by atoms with E-state index in [0.717, 1.165) is 5.56 Å². The Balaban J connectivity index is 1.96. The van der Waals surface area contributed by atoms with E-state index in [2.05, 4.69) is 5.32 Å². The minimum Gasteiger partial charge on any atom is -0.493 e. The number of carbonyl (C=O) groups is 2. The van der Waals surface area contributed by atoms with Gasteiger partial charge in [0.25, 0.3) is 5.91 Å². The van der Waals surface area contributed by atoms with Crippen molar-refractivity contribution in [2.45, 2.75) is 17.8 Å². The summed E-state index contributed by atoms with van der Waals surface area (Å²) in [5.74, 6) is 1.18. The lowest BCUT2D eigenvalue weighted by Gasteiger charge is -2.29. The van der Waals surface area contributed by atoms with Gasteiger partial charge in [0.05, 0.1) is 21.3 Å². The quantitative estimate of drug-likeness (QED) is 0.530. The maximum absolute atomic E-state index is 13.8. The number of thioether (sulfide) groups is 1. The number of carbonyl (C=O) groups excluding carboxylic acids is 2. The van der Waals surface area contributed by atoms with Crippen LogP contribution in [0, 0.1) is 0 Å². The lowest BCUT2D eigenvalue weighted by molar-refractivity contribution is -0.124. The number of nitrogens with zero attached hydrogens (tertiary/aromatic N) is 1. The molecule has 8 nitrogen and oxygen atoms in total. The van der Waals surface area contributed by atoms with Crippen molar-refractivity contribution < 1.29 is 28.5 Å². The lowest BCUT2D eigenvalue weighted by Crippen LogP contribution is -2.48. The fraction of sp³-hybridized carbons (Fsp3) is 0.417. The zero-order valence-electron chi connectivity index (χ0n) is 19.3. The first kappa shape index (κ1) is 24.7. The molecular weight excluding hydrogens is 444 g/mol. The largest absolute Gasteiger partial charge is 0.493 e. The number of ether oxygens (including phenoxy) is 4. The van der Waals surface area contributed by atoms with E-state index in [1.165, 1.54) is 21.3 Å². The van der Waals surface area contributed by atoms with Gasteiger partial charge in [-0.1, -0.05) is 30.3 Å². The van der Waals surface area contributed by atoms with Crippen LogP contribution >= 0.6 is 11.8 Å². The Hall–Kier alpha value is -2.91. The Morgan fingerprint density at radius 2 is 1.70 bits per heavy atom. The molecule has 0 saturated carbocycles. The van der Waals surface area contributed by atoms with Crippen LogP contribution in [-0.2, 0) is 9.53 Å². The molecule has 2 aromatic rings. The van der Waals surface area contributed by atoms with Crippen LogP contribution in [0.3, 0.4) is 0 Å². The Labute approximate surface area is 198 Å². The molecule has 1 heterocycles. The number of benzene rings is 2. The third-order valence-corrected chi connectivity index (χ3v) is 6.68. The molecule has 0 spiro atoms. The molecule has 1 N–H and O–H groups in total. The number of hydrogen-bond acceptors (Lipinski definition) is 7. The zero-order valence-corrected chi connectivity index (χ0v) is 20.1. The number of methoxy groups -OCH3 is 4. The molecule has 2 aromatic carbocycles. The van der Waals surface area contributed by atoms with E-state index in [1.54, 1.807) is 35.9 Å². The van der Waals surface area contributed by atoms with E-state index in [4.69, 9.17) is 18.9 Å². The van der Waals surface area contributed by atoms with Crippen LogP contribution in [0.1, 0.15) is 27.7 Å². The van der Waals surface area contributed by atoms with Crippen molar-refractivity contribution in [1.29, 1.82) is 0 Å². The molecule has 2 amide bonds. The minimum absolute atomic E-state index is 0.183. The molecular formula is C24H30N2O6S. The van der Waals surface area contributed by atoms with Crippen LogP contribution in [0.2, 0.25) is 0 Å². The summed E-state index contributed by atoms with van der Waals surface area (Å²) in [6.07, 6.45) is 0.699. The van der Waals surface area contributed by atoms with Crippen molar-refractivity contribution in [2.75, 3.05) is 47.3 Å². The average molecular weight is 475 g/mol. The average Bonchev–Trinajstić information content (AvgIpc) is 3.31. The van der Waals surface area contributed by atoms with Crippen molar-refractivity contribution in [3.8, 4) is 17.2 Å². The number of hydrogen-bond donors (Lipinski definition) is 1. The van der Waals surface area contributed by atoms with Gasteiger partial charge in [0.15, 0.2) is 11.5 Å². The van der Waals surface area contributed by atoms with Crippen LogP contribution in [0.15, 0.2) is 42.5 Å². The highest BCUT2D eigenvalue weighted by Gasteiger charge is 2.42. The molecule has 1 saturated heterocycles. The predicted octanol–water partition coefficient (Wildman–Crippen LogP) is 3.12. The maximum atomic E-state index is 13.8. The van der Waals surface area contributed by atoms with Crippen LogP contribution in [0.25, 0.3) is 0 Å². The highest BCUT2D eigenvalue weighted by Crippen LogP contribution is 2.44. The fourth-order valence-electron chi connectivity index (χ4n) is 3.73. The SMILES string of the molecule is COCCCNC(=O)C1CSC(c2ccccc2)N1C(=O)c1cc(OC)c(OC)c(OC)c1. The van der Waals surface area contributed by atoms with Gasteiger partial charge < -0.3 is 29.2 Å². The first-order valence-electron chi connectivity index (χ1n) is 10.6. The highest BCUT2D eigenvalue weighted by atomic mass is 32.2. The van der Waals surface area contributed by atoms with Gasteiger partial charge in [0, 0.05) is 31.6 Å². The van der Waals surface area contributed by atoms with Crippen LogP contribution < -0.4 is 19.5 Å². The molecule has 0 aliphatic carbocycles. The Morgan fingerprint density at radius 1 is 1.03 bits per heavy atom. The molecule has 0 bridgehead atoms. The number of rotatable bonds is 10. The van der Waals surface area contributed by atoms with Crippen LogP contribution in [0.4, 0.5) is 0 Å². The third-order valence-electron chi connectivity index (χ3n) is 5.36. The van der Waals surface area contributed by atoms with Gasteiger partial charge in [0.2, 0.25) is 11.7 Å². The molecule has 178 valence electrons. The summed E-state index contributed by atoms with van der Waals surface area (Å²) < 4.78 is 21.3. The summed E-state index contributed by atoms with van der Waals surface area (Å²) in [5, 5.41) is 2.64. The monoisotopic (exact) mass is 474 g/mol. The number of amides is 2. The number of nitrogens with one attached hydrogen (secondary N) is 1. The standard InChI is InChI=1S/C24H30N2O6S/c1-29-12-8-11-25-22(27)18-15-33-24(16-9-6-5-7-10-16)26(18)23(28)17-13-19(30-2)21(32-4)20(14-17)31-3/h5-7,9-10,13-14,18,24H,8,11-12,15H2,1-4H3,(H,25,27). The Morgan fingerprint density at radius 3 is 2.27 bits per heavy atom. The van der Waals surface area contributed by atoms with E-state index in [0.29, 0.717) is 48.1 Å². The lowest BCUT2D eigenvalue weighted by atomic mass is 10.1. The van der Waals surface area contributed by atoms with Gasteiger partial charge in [-0.05, 0) is 24.1 Å². The predicted molar refractivity (Wildman–Crippen MR) is 127 cm³/mol. The van der Waals surface area contributed by atoms with Crippen molar-refractivity contribution >= 4 is 23.6 Å². The molecule has 2 unspecified atom stereocenters. The molecule has 0 aromatic heterocycles. The second-order valence-corrected chi connectivity index (χ2v) is 8.49. The van der Waals surface area contributed by atoms with Gasteiger partial charge in [-0.2, -0.15) is 0 Å². The fourth-order valence-corrected chi connectivity index (χ4v) is 5.16. The Bertz CT molecular complexity index is 930. The molecule has 1 aliphatic rings. The van der Waals surface area contributed by atoms with Gasteiger partial charge in [-0.3, -0.25) is 9.59 Å². The summed E-state index contributed by atoms with van der Waals surface area (Å²) in [4.78, 5) is 28.5. The normalized spacial score (nSPS) is 17.5. The smallest absolute Gasteiger partial charge is 0.256 e. The maximum Gasteiger partial charge on any atom is 0.256 e. The van der Waals surface area contributed by atoms with Crippen LogP contribution in [0.5, 0.6) is 17.2 Å². The van der Waals surface area contributed by atoms with Crippen molar-refractivity contribution in [2.24, 2.45) is 0 Å². The second kappa shape index (κ2) is 11.8. The molecule has 33 heavy (non-hydrogen) atoms. The topological polar surface area (TPSA) is 86.3 Å². The first-order chi connectivity index (χ1) is 16.0. The summed E-state index contributed by atoms with van der Waals surface area (Å²) in [7, 11) is 6.13. The molecule has 1 fully saturated rings. The van der Waals surface area contributed by atoms with E-state index < -0.39 is 6.04 Å². The van der Waals surface area contributed by atoms with Crippen molar-refractivity contribution in [3.63, 3.8) is 0 Å². The first-order valence-corrected chi connectivity index (χ1v) is 11.7. The molecule has 2 atom stereocenters. The van der Waals surface area contributed by atoms with Crippen molar-refractivity contribution in [1.82, 2.24) is 10.2 Å². The van der Waals surface area contributed by atoms with Gasteiger partial charge >= 0.3 is 0 Å². The van der Waals surface area contributed by atoms with E-state index >= 15 is 0 Å². The summed E-state index contributed by atoms with van der Waals surface area (Å²) >= 11 is 1.57. The molecule has 3 rings (SSSR count). The van der Waals surface area contributed by atoms with E-state index in [1.807, 2.05) is 30.3 Å². The van der Waals surface area contributed by atoms with Crippen molar-refractivity contribution in [3.05, 3.63) is 53.6 Å². The van der Waals surface area contributed by atoms with E-state index in [-0.39, 0.29) is 17.2 Å². The summed E-state index contributed by atoms with van der Waals surface area (Å²) in [6, 6.07) is 12.3. The zero-order chi connectivity index (χ0) is 23.8. The van der Waals surface area contributed by atoms with Crippen LogP contribution in [-0.4, -0.2) is 70.1 Å². The summed E-state index contributed by atoms with van der Waals surface area (Å²) in [5.41, 5.74) is 1.31. The van der Waals surface area contributed by atoms with Gasteiger partial charge in [-0.25, -0.2) is 0 Å². The third kappa shape index (κ3) is 5.54. The second-order valence-electron chi connectivity index (χ2n) is 7.38. The van der Waals surface area contributed by atoms with E-state index in [9.17, 15) is 9.59 Å². The summed E-state index contributed by atoms with van der Waals surface area (Å²) in [6.45, 7) is 1.04. The highest BCUT2D eigenvalue weighted by molar-refractivity contribution is 7.99. The molecule has 9 heteroatoms. The minimum atomic E-state index is -0.616. The van der Waals surface area contributed by atoms with Gasteiger partial charge in [0.1, 0.15) is 11.4 Å². The van der Waals surface area contributed by atoms with Gasteiger partial charge in [-0.15, -0.1) is 11.8 Å². The molecule has 1 aliphatic heterocycles.